The lowest BCUT2D eigenvalue weighted by atomic mass is 10.0. The topological polar surface area (TPSA) is 87.7 Å². The van der Waals surface area contributed by atoms with E-state index in [4.69, 9.17) is 27.9 Å². The van der Waals surface area contributed by atoms with Gasteiger partial charge in [-0.3, -0.25) is 9.59 Å². The second-order valence-electron chi connectivity index (χ2n) is 6.47. The summed E-state index contributed by atoms with van der Waals surface area (Å²) in [6, 6.07) is 6.02. The number of amides is 2. The van der Waals surface area contributed by atoms with E-state index in [1.165, 1.54) is 6.92 Å². The second kappa shape index (κ2) is 13.3. The first-order valence-corrected chi connectivity index (χ1v) is 10.6. The molecule has 0 bridgehead atoms. The summed E-state index contributed by atoms with van der Waals surface area (Å²) in [7, 11) is 0. The highest BCUT2D eigenvalue weighted by molar-refractivity contribution is 6.18. The maximum Gasteiger partial charge on any atom is 0.328 e. The summed E-state index contributed by atoms with van der Waals surface area (Å²) in [5.74, 6) is -0.324. The van der Waals surface area contributed by atoms with Gasteiger partial charge in [-0.15, -0.1) is 23.2 Å². The number of nitrogens with one attached hydrogen (secondary N) is 2. The minimum Gasteiger partial charge on any atom is -0.464 e. The van der Waals surface area contributed by atoms with E-state index < -0.39 is 24.0 Å². The molecule has 0 aliphatic heterocycles. The molecule has 0 aliphatic carbocycles. The van der Waals surface area contributed by atoms with Gasteiger partial charge in [0, 0.05) is 43.9 Å². The van der Waals surface area contributed by atoms with Gasteiger partial charge in [-0.1, -0.05) is 12.1 Å². The van der Waals surface area contributed by atoms with Crippen molar-refractivity contribution in [3.63, 3.8) is 0 Å². The maximum atomic E-state index is 12.3. The third-order valence-corrected chi connectivity index (χ3v) is 4.49. The van der Waals surface area contributed by atoms with Crippen LogP contribution in [0.4, 0.5) is 5.69 Å². The number of alkyl halides is 2. The largest absolute Gasteiger partial charge is 0.464 e. The molecule has 0 saturated carbocycles. The molecule has 29 heavy (non-hydrogen) atoms. The molecule has 2 N–H and O–H groups in total. The zero-order chi connectivity index (χ0) is 21.8. The molecule has 1 aromatic carbocycles. The molecule has 0 unspecified atom stereocenters. The number of carbonyl (C=O) groups is 3. The number of ether oxygens (including phenoxy) is 1. The van der Waals surface area contributed by atoms with Gasteiger partial charge in [0.1, 0.15) is 12.1 Å². The van der Waals surface area contributed by atoms with Gasteiger partial charge >= 0.3 is 5.97 Å². The molecule has 0 saturated heterocycles. The van der Waals surface area contributed by atoms with E-state index in [1.807, 2.05) is 24.3 Å². The van der Waals surface area contributed by atoms with Crippen LogP contribution in [0.15, 0.2) is 24.3 Å². The van der Waals surface area contributed by atoms with E-state index >= 15 is 0 Å². The number of hydrogen-bond donors (Lipinski definition) is 2. The smallest absolute Gasteiger partial charge is 0.328 e. The van der Waals surface area contributed by atoms with Gasteiger partial charge in [0.15, 0.2) is 0 Å². The number of nitrogens with zero attached hydrogens (tertiary/aromatic N) is 1. The van der Waals surface area contributed by atoms with Crippen molar-refractivity contribution in [3.05, 3.63) is 29.8 Å². The van der Waals surface area contributed by atoms with Gasteiger partial charge in [0.25, 0.3) is 0 Å². The Bertz CT molecular complexity index is 664. The average Bonchev–Trinajstić information content (AvgIpc) is 2.67. The van der Waals surface area contributed by atoms with Crippen LogP contribution in [-0.4, -0.2) is 61.3 Å². The highest BCUT2D eigenvalue weighted by atomic mass is 35.5. The van der Waals surface area contributed by atoms with Gasteiger partial charge in [-0.25, -0.2) is 4.79 Å². The Labute approximate surface area is 182 Å². The number of esters is 1. The minimum absolute atomic E-state index is 0.206. The SMILES string of the molecule is CCOC(=O)[C@@H](Cc1ccc(N(CCCl)CCCl)cc1)NC(=O)[C@H](C)NC(C)=O. The van der Waals surface area contributed by atoms with Crippen LogP contribution in [0, 0.1) is 0 Å². The Hall–Kier alpha value is -1.99. The van der Waals surface area contributed by atoms with Crippen LogP contribution in [0.3, 0.4) is 0 Å². The first kappa shape index (κ1) is 25.0. The van der Waals surface area contributed by atoms with Gasteiger partial charge in [-0.05, 0) is 31.5 Å². The van der Waals surface area contributed by atoms with Crippen molar-refractivity contribution in [1.82, 2.24) is 10.6 Å². The van der Waals surface area contributed by atoms with E-state index in [0.29, 0.717) is 24.8 Å². The van der Waals surface area contributed by atoms with Crippen LogP contribution in [0.1, 0.15) is 26.3 Å². The summed E-state index contributed by atoms with van der Waals surface area (Å²) in [5, 5.41) is 5.16. The highest BCUT2D eigenvalue weighted by Crippen LogP contribution is 2.17. The van der Waals surface area contributed by atoms with Crippen LogP contribution in [-0.2, 0) is 25.5 Å². The third kappa shape index (κ3) is 8.92. The van der Waals surface area contributed by atoms with Crippen LogP contribution >= 0.6 is 23.2 Å². The lowest BCUT2D eigenvalue weighted by Gasteiger charge is -2.23. The molecule has 9 heteroatoms. The Morgan fingerprint density at radius 1 is 1.07 bits per heavy atom. The van der Waals surface area contributed by atoms with Gasteiger partial charge in [0.05, 0.1) is 6.61 Å². The van der Waals surface area contributed by atoms with Crippen LogP contribution < -0.4 is 15.5 Å². The molecule has 0 aromatic heterocycles. The summed E-state index contributed by atoms with van der Waals surface area (Å²) in [5.41, 5.74) is 1.84. The number of hydrogen-bond acceptors (Lipinski definition) is 5. The Balaban J connectivity index is 2.89. The molecule has 1 aromatic rings. The van der Waals surface area contributed by atoms with E-state index in [2.05, 4.69) is 15.5 Å². The lowest BCUT2D eigenvalue weighted by Crippen LogP contribution is -2.51. The summed E-state index contributed by atoms with van der Waals surface area (Å²) in [4.78, 5) is 37.8. The molecular weight excluding hydrogens is 417 g/mol. The molecule has 0 aliphatic rings. The highest BCUT2D eigenvalue weighted by Gasteiger charge is 2.25. The van der Waals surface area contributed by atoms with Gasteiger partial charge in [0.2, 0.25) is 11.8 Å². The van der Waals surface area contributed by atoms with Gasteiger partial charge < -0.3 is 20.3 Å². The number of benzene rings is 1. The molecule has 0 heterocycles. The van der Waals surface area contributed by atoms with Crippen molar-refractivity contribution >= 4 is 46.7 Å². The van der Waals surface area contributed by atoms with Crippen molar-refractivity contribution in [3.8, 4) is 0 Å². The molecule has 7 nitrogen and oxygen atoms in total. The van der Waals surface area contributed by atoms with E-state index in [-0.39, 0.29) is 18.9 Å². The predicted octanol–water partition coefficient (Wildman–Crippen LogP) is 2.09. The first-order valence-electron chi connectivity index (χ1n) is 9.52. The summed E-state index contributed by atoms with van der Waals surface area (Å²) in [6.45, 7) is 6.14. The number of anilines is 1. The van der Waals surface area contributed by atoms with Crippen molar-refractivity contribution < 1.29 is 19.1 Å². The van der Waals surface area contributed by atoms with Crippen LogP contribution in [0.25, 0.3) is 0 Å². The number of carbonyl (C=O) groups excluding carboxylic acids is 3. The normalized spacial score (nSPS) is 12.6. The van der Waals surface area contributed by atoms with Crippen LogP contribution in [0.5, 0.6) is 0 Å². The minimum atomic E-state index is -0.855. The molecule has 2 atom stereocenters. The fraction of sp³-hybridized carbons (Fsp3) is 0.550. The lowest BCUT2D eigenvalue weighted by molar-refractivity contribution is -0.147. The van der Waals surface area contributed by atoms with Crippen molar-refractivity contribution in [2.45, 2.75) is 39.3 Å². The van der Waals surface area contributed by atoms with Crippen LogP contribution in [0.2, 0.25) is 0 Å². The first-order chi connectivity index (χ1) is 13.8. The maximum absolute atomic E-state index is 12.3. The molecule has 162 valence electrons. The Kier molecular flexibility index (Phi) is 11.5. The monoisotopic (exact) mass is 445 g/mol. The quantitative estimate of drug-likeness (QED) is 0.379. The predicted molar refractivity (Wildman–Crippen MR) is 116 cm³/mol. The Morgan fingerprint density at radius 2 is 1.66 bits per heavy atom. The fourth-order valence-electron chi connectivity index (χ4n) is 2.76. The summed E-state index contributed by atoms with van der Waals surface area (Å²) >= 11 is 11.7. The van der Waals surface area contributed by atoms with E-state index in [9.17, 15) is 14.4 Å². The van der Waals surface area contributed by atoms with E-state index in [1.54, 1.807) is 13.8 Å². The molecule has 0 radical (unpaired) electrons. The number of halogens is 2. The fourth-order valence-corrected chi connectivity index (χ4v) is 3.16. The Morgan fingerprint density at radius 3 is 2.14 bits per heavy atom. The average molecular weight is 446 g/mol. The molecule has 1 rings (SSSR count). The van der Waals surface area contributed by atoms with Crippen molar-refractivity contribution in [1.29, 1.82) is 0 Å². The third-order valence-electron chi connectivity index (χ3n) is 4.15. The van der Waals surface area contributed by atoms with Crippen molar-refractivity contribution in [2.24, 2.45) is 0 Å². The second-order valence-corrected chi connectivity index (χ2v) is 7.23. The molecule has 0 fully saturated rings. The van der Waals surface area contributed by atoms with E-state index in [0.717, 1.165) is 11.3 Å². The van der Waals surface area contributed by atoms with Gasteiger partial charge in [-0.2, -0.15) is 0 Å². The zero-order valence-electron chi connectivity index (χ0n) is 17.0. The molecular formula is C20H29Cl2N3O4. The standard InChI is InChI=1S/C20H29Cl2N3O4/c1-4-29-20(28)18(24-19(27)14(2)23-15(3)26)13-16-5-7-17(8-6-16)25(11-9-21)12-10-22/h5-8,14,18H,4,9-13H2,1-3H3,(H,23,26)(H,24,27)/t14-,18+/m0/s1. The zero-order valence-corrected chi connectivity index (χ0v) is 18.6. The number of rotatable bonds is 12. The van der Waals surface area contributed by atoms with Crippen molar-refractivity contribution in [2.75, 3.05) is 36.4 Å². The molecule has 0 spiro atoms. The summed E-state index contributed by atoms with van der Waals surface area (Å²) in [6.07, 6.45) is 0.267. The molecule has 2 amide bonds. The summed E-state index contributed by atoms with van der Waals surface area (Å²) < 4.78 is 5.09.